The van der Waals surface area contributed by atoms with Gasteiger partial charge in [0.25, 0.3) is 0 Å². The van der Waals surface area contributed by atoms with Crippen molar-refractivity contribution in [2.45, 2.75) is 32.2 Å². The first-order valence-corrected chi connectivity index (χ1v) is 5.90. The molecule has 0 unspecified atom stereocenters. The summed E-state index contributed by atoms with van der Waals surface area (Å²) in [6.07, 6.45) is 3.90. The maximum atomic E-state index is 8.69. The summed E-state index contributed by atoms with van der Waals surface area (Å²) in [6, 6.07) is 6.76. The third-order valence-electron chi connectivity index (χ3n) is 3.00. The first kappa shape index (κ1) is 11.3. The molecule has 0 aliphatic heterocycles. The second-order valence-corrected chi connectivity index (χ2v) is 4.32. The van der Waals surface area contributed by atoms with Crippen LogP contribution in [-0.4, -0.2) is 24.4 Å². The molecule has 0 saturated heterocycles. The normalized spacial score (nSPS) is 15.6. The van der Waals surface area contributed by atoms with Gasteiger partial charge in [-0.3, -0.25) is 0 Å². The minimum atomic E-state index is 0.0571. The van der Waals surface area contributed by atoms with E-state index in [0.717, 1.165) is 11.3 Å². The van der Waals surface area contributed by atoms with Gasteiger partial charge in [-0.15, -0.1) is 0 Å². The summed E-state index contributed by atoms with van der Waals surface area (Å²) < 4.78 is 5.41. The number of aliphatic hydroxyl groups excluding tert-OH is 1. The molecule has 0 amide bonds. The van der Waals surface area contributed by atoms with Crippen molar-refractivity contribution in [3.8, 4) is 5.75 Å². The Morgan fingerprint density at radius 3 is 2.81 bits per heavy atom. The minimum Gasteiger partial charge on any atom is -0.491 e. The Morgan fingerprint density at radius 2 is 2.25 bits per heavy atom. The van der Waals surface area contributed by atoms with Crippen molar-refractivity contribution in [2.24, 2.45) is 0 Å². The molecular weight excluding hydrogens is 202 g/mol. The van der Waals surface area contributed by atoms with E-state index in [2.05, 4.69) is 11.4 Å². The van der Waals surface area contributed by atoms with Crippen molar-refractivity contribution in [1.82, 2.24) is 0 Å². The summed E-state index contributed by atoms with van der Waals surface area (Å²) in [5.74, 6) is 0.855. The van der Waals surface area contributed by atoms with Gasteiger partial charge in [-0.05, 0) is 49.9 Å². The van der Waals surface area contributed by atoms with E-state index >= 15 is 0 Å². The molecule has 2 rings (SSSR count). The quantitative estimate of drug-likeness (QED) is 0.801. The number of nitrogens with one attached hydrogen (secondary N) is 1. The fourth-order valence-corrected chi connectivity index (χ4v) is 1.85. The molecule has 1 fully saturated rings. The Balaban J connectivity index is 1.97. The van der Waals surface area contributed by atoms with Crippen LogP contribution in [0, 0.1) is 6.92 Å². The Morgan fingerprint density at radius 1 is 1.44 bits per heavy atom. The molecule has 0 atom stereocenters. The van der Waals surface area contributed by atoms with Gasteiger partial charge in [0.1, 0.15) is 12.4 Å². The maximum absolute atomic E-state index is 8.69. The molecule has 0 spiro atoms. The van der Waals surface area contributed by atoms with Crippen LogP contribution in [0.25, 0.3) is 0 Å². The van der Waals surface area contributed by atoms with Gasteiger partial charge in [0.05, 0.1) is 6.61 Å². The van der Waals surface area contributed by atoms with E-state index in [1.165, 1.54) is 24.9 Å². The second-order valence-electron chi connectivity index (χ2n) is 4.32. The second kappa shape index (κ2) is 5.21. The smallest absolute Gasteiger partial charge is 0.122 e. The molecule has 0 bridgehead atoms. The molecule has 0 radical (unpaired) electrons. The summed E-state index contributed by atoms with van der Waals surface area (Å²) in [6.45, 7) is 2.44. The monoisotopic (exact) mass is 221 g/mol. The van der Waals surface area contributed by atoms with Gasteiger partial charge in [0.15, 0.2) is 0 Å². The highest BCUT2D eigenvalue weighted by atomic mass is 16.5. The van der Waals surface area contributed by atoms with Gasteiger partial charge in [0, 0.05) is 11.7 Å². The third-order valence-corrected chi connectivity index (χ3v) is 3.00. The van der Waals surface area contributed by atoms with Gasteiger partial charge >= 0.3 is 0 Å². The van der Waals surface area contributed by atoms with Crippen molar-refractivity contribution in [2.75, 3.05) is 18.5 Å². The summed E-state index contributed by atoms with van der Waals surface area (Å²) in [4.78, 5) is 0. The van der Waals surface area contributed by atoms with E-state index in [9.17, 15) is 0 Å². The first-order chi connectivity index (χ1) is 7.79. The lowest BCUT2D eigenvalue weighted by Gasteiger charge is -2.27. The number of aliphatic hydroxyl groups is 1. The number of hydrogen-bond acceptors (Lipinski definition) is 3. The van der Waals surface area contributed by atoms with E-state index in [4.69, 9.17) is 9.84 Å². The molecule has 1 aromatic carbocycles. The summed E-state index contributed by atoms with van der Waals surface area (Å²) in [5, 5.41) is 12.2. The van der Waals surface area contributed by atoms with Crippen LogP contribution >= 0.6 is 0 Å². The number of ether oxygens (including phenoxy) is 1. The summed E-state index contributed by atoms with van der Waals surface area (Å²) in [5.41, 5.74) is 2.27. The highest BCUT2D eigenvalue weighted by Crippen LogP contribution is 2.26. The van der Waals surface area contributed by atoms with E-state index in [1.807, 2.05) is 19.1 Å². The minimum absolute atomic E-state index is 0.0571. The van der Waals surface area contributed by atoms with Crippen molar-refractivity contribution >= 4 is 5.69 Å². The molecule has 88 valence electrons. The molecule has 3 heteroatoms. The lowest BCUT2D eigenvalue weighted by molar-refractivity contribution is 0.200. The van der Waals surface area contributed by atoms with Gasteiger partial charge in [-0.2, -0.15) is 0 Å². The standard InChI is InChI=1S/C13H19NO2/c1-10-9-12(14-11-3-2-4-11)5-6-13(10)16-8-7-15/h5-6,9,11,14-15H,2-4,7-8H2,1H3. The number of hydrogen-bond donors (Lipinski definition) is 2. The van der Waals surface area contributed by atoms with Gasteiger partial charge in [-0.25, -0.2) is 0 Å². The number of anilines is 1. The van der Waals surface area contributed by atoms with E-state index < -0.39 is 0 Å². The van der Waals surface area contributed by atoms with Gasteiger partial charge in [0.2, 0.25) is 0 Å². The predicted octanol–water partition coefficient (Wildman–Crippen LogP) is 2.33. The Kier molecular flexibility index (Phi) is 3.67. The van der Waals surface area contributed by atoms with Crippen LogP contribution in [0.3, 0.4) is 0 Å². The van der Waals surface area contributed by atoms with Crippen LogP contribution in [0.1, 0.15) is 24.8 Å². The fourth-order valence-electron chi connectivity index (χ4n) is 1.85. The van der Waals surface area contributed by atoms with Crippen LogP contribution in [0.5, 0.6) is 5.75 Å². The van der Waals surface area contributed by atoms with Crippen molar-refractivity contribution in [1.29, 1.82) is 0 Å². The third kappa shape index (κ3) is 2.67. The lowest BCUT2D eigenvalue weighted by atomic mass is 9.93. The summed E-state index contributed by atoms with van der Waals surface area (Å²) >= 11 is 0. The summed E-state index contributed by atoms with van der Waals surface area (Å²) in [7, 11) is 0. The lowest BCUT2D eigenvalue weighted by Crippen LogP contribution is -2.26. The average Bonchev–Trinajstić information content (AvgIpc) is 2.22. The molecule has 3 nitrogen and oxygen atoms in total. The zero-order chi connectivity index (χ0) is 11.4. The molecular formula is C13H19NO2. The van der Waals surface area contributed by atoms with Crippen molar-refractivity contribution in [3.05, 3.63) is 23.8 Å². The Hall–Kier alpha value is -1.22. The number of benzene rings is 1. The molecule has 1 aliphatic rings. The van der Waals surface area contributed by atoms with Crippen LogP contribution < -0.4 is 10.1 Å². The largest absolute Gasteiger partial charge is 0.491 e. The van der Waals surface area contributed by atoms with Crippen LogP contribution in [-0.2, 0) is 0 Å². The van der Waals surface area contributed by atoms with E-state index in [0.29, 0.717) is 12.6 Å². The van der Waals surface area contributed by atoms with Crippen molar-refractivity contribution in [3.63, 3.8) is 0 Å². The van der Waals surface area contributed by atoms with Gasteiger partial charge in [-0.1, -0.05) is 0 Å². The molecule has 2 N–H and O–H groups in total. The number of rotatable bonds is 5. The molecule has 16 heavy (non-hydrogen) atoms. The maximum Gasteiger partial charge on any atom is 0.122 e. The average molecular weight is 221 g/mol. The SMILES string of the molecule is Cc1cc(NC2CCC2)ccc1OCCO. The predicted molar refractivity (Wildman–Crippen MR) is 65.0 cm³/mol. The number of aryl methyl sites for hydroxylation is 1. The highest BCUT2D eigenvalue weighted by Gasteiger charge is 2.16. The molecule has 1 aromatic rings. The Bertz CT molecular complexity index is 348. The zero-order valence-corrected chi connectivity index (χ0v) is 9.70. The van der Waals surface area contributed by atoms with Crippen molar-refractivity contribution < 1.29 is 9.84 Å². The first-order valence-electron chi connectivity index (χ1n) is 5.90. The molecule has 1 saturated carbocycles. The topological polar surface area (TPSA) is 41.5 Å². The molecule has 0 heterocycles. The highest BCUT2D eigenvalue weighted by molar-refractivity contribution is 5.51. The molecule has 1 aliphatic carbocycles. The molecule has 0 aromatic heterocycles. The van der Waals surface area contributed by atoms with Crippen LogP contribution in [0.2, 0.25) is 0 Å². The zero-order valence-electron chi connectivity index (χ0n) is 9.70. The Labute approximate surface area is 96.4 Å². The fraction of sp³-hybridized carbons (Fsp3) is 0.538. The van der Waals surface area contributed by atoms with Crippen LogP contribution in [0.4, 0.5) is 5.69 Å². The van der Waals surface area contributed by atoms with Gasteiger partial charge < -0.3 is 15.2 Å². The van der Waals surface area contributed by atoms with E-state index in [-0.39, 0.29) is 6.61 Å². The van der Waals surface area contributed by atoms with E-state index in [1.54, 1.807) is 0 Å². The van der Waals surface area contributed by atoms with Crippen LogP contribution in [0.15, 0.2) is 18.2 Å².